The minimum absolute atomic E-state index is 0.0265. The Hall–Kier alpha value is -0.970. The van der Waals surface area contributed by atoms with Gasteiger partial charge in [-0.3, -0.25) is 0 Å². The Morgan fingerprint density at radius 3 is 2.83 bits per heavy atom. The van der Waals surface area contributed by atoms with E-state index in [0.29, 0.717) is 5.02 Å². The van der Waals surface area contributed by atoms with Crippen molar-refractivity contribution in [3.8, 4) is 0 Å². The van der Waals surface area contributed by atoms with Crippen LogP contribution < -0.4 is 5.73 Å². The van der Waals surface area contributed by atoms with Crippen molar-refractivity contribution in [2.45, 2.75) is 29.7 Å². The first-order valence-electron chi connectivity index (χ1n) is 5.78. The molecule has 0 fully saturated rings. The van der Waals surface area contributed by atoms with Gasteiger partial charge < -0.3 is 10.2 Å². The highest BCUT2D eigenvalue weighted by molar-refractivity contribution is 7.99. The van der Waals surface area contributed by atoms with Crippen molar-refractivity contribution < 1.29 is 4.42 Å². The van der Waals surface area contributed by atoms with Gasteiger partial charge in [0.25, 0.3) is 0 Å². The molecule has 2 atom stereocenters. The molecule has 2 unspecified atom stereocenters. The number of thioether (sulfide) groups is 1. The second-order valence-electron chi connectivity index (χ2n) is 3.94. The Bertz CT molecular complexity index is 472. The van der Waals surface area contributed by atoms with Gasteiger partial charge in [0.15, 0.2) is 0 Å². The maximum absolute atomic E-state index is 6.15. The Balaban J connectivity index is 2.17. The third kappa shape index (κ3) is 3.28. The summed E-state index contributed by atoms with van der Waals surface area (Å²) in [6.07, 6.45) is 4.19. The topological polar surface area (TPSA) is 52.0 Å². The molecule has 2 N–H and O–H groups in total. The normalized spacial score (nSPS) is 14.4. The van der Waals surface area contributed by atoms with E-state index in [0.717, 1.165) is 17.2 Å². The highest BCUT2D eigenvalue weighted by Crippen LogP contribution is 2.37. The number of nitrogens with two attached hydrogens (primary N) is 1. The van der Waals surface area contributed by atoms with Crippen molar-refractivity contribution in [2.75, 3.05) is 0 Å². The smallest absolute Gasteiger partial charge is 0.118 e. The third-order valence-corrected chi connectivity index (χ3v) is 4.17. The monoisotopic (exact) mass is 282 g/mol. The van der Waals surface area contributed by atoms with Crippen LogP contribution >= 0.6 is 23.4 Å². The lowest BCUT2D eigenvalue weighted by Gasteiger charge is -2.19. The summed E-state index contributed by atoms with van der Waals surface area (Å²) in [5, 5.41) is 1.59. The standard InChI is InChI=1S/C13H15ClN2OS/c1-2-10(15)13(11-4-3-7-17-11)18-12-6-5-9(14)8-16-12/h3-8,10,13H,2,15H2,1H3. The van der Waals surface area contributed by atoms with Crippen LogP contribution in [0.1, 0.15) is 24.4 Å². The Labute approximate surface area is 116 Å². The quantitative estimate of drug-likeness (QED) is 0.845. The lowest BCUT2D eigenvalue weighted by molar-refractivity contribution is 0.473. The molecule has 2 aromatic heterocycles. The molecule has 0 bridgehead atoms. The first-order valence-corrected chi connectivity index (χ1v) is 7.03. The van der Waals surface area contributed by atoms with E-state index >= 15 is 0 Å². The molecule has 2 heterocycles. The van der Waals surface area contributed by atoms with Gasteiger partial charge in [-0.15, -0.1) is 0 Å². The van der Waals surface area contributed by atoms with Crippen molar-refractivity contribution in [1.82, 2.24) is 4.98 Å². The molecule has 18 heavy (non-hydrogen) atoms. The van der Waals surface area contributed by atoms with Crippen molar-refractivity contribution >= 4 is 23.4 Å². The molecule has 0 aromatic carbocycles. The second kappa shape index (κ2) is 6.27. The Morgan fingerprint density at radius 2 is 2.28 bits per heavy atom. The Morgan fingerprint density at radius 1 is 1.44 bits per heavy atom. The number of pyridine rings is 1. The second-order valence-corrected chi connectivity index (χ2v) is 5.54. The zero-order valence-electron chi connectivity index (χ0n) is 10.0. The summed E-state index contributed by atoms with van der Waals surface area (Å²) in [5.41, 5.74) is 6.15. The van der Waals surface area contributed by atoms with E-state index in [1.54, 1.807) is 24.2 Å². The van der Waals surface area contributed by atoms with E-state index in [2.05, 4.69) is 11.9 Å². The molecular weight excluding hydrogens is 268 g/mol. The van der Waals surface area contributed by atoms with Gasteiger partial charge in [-0.05, 0) is 30.7 Å². The van der Waals surface area contributed by atoms with Crippen molar-refractivity contribution in [3.63, 3.8) is 0 Å². The van der Waals surface area contributed by atoms with Gasteiger partial charge in [0.1, 0.15) is 5.76 Å². The number of hydrogen-bond acceptors (Lipinski definition) is 4. The lowest BCUT2D eigenvalue weighted by Crippen LogP contribution is -2.25. The van der Waals surface area contributed by atoms with Crippen LogP contribution in [0.2, 0.25) is 5.02 Å². The summed E-state index contributed by atoms with van der Waals surface area (Å²) < 4.78 is 5.46. The number of aromatic nitrogens is 1. The largest absolute Gasteiger partial charge is 0.468 e. The average Bonchev–Trinajstić information content (AvgIpc) is 2.91. The molecule has 0 aliphatic rings. The first kappa shape index (κ1) is 13.5. The molecular formula is C13H15ClN2OS. The number of rotatable bonds is 5. The number of furan rings is 1. The van der Waals surface area contributed by atoms with Gasteiger partial charge in [0.05, 0.1) is 21.6 Å². The predicted molar refractivity (Wildman–Crippen MR) is 74.8 cm³/mol. The maximum atomic E-state index is 6.15. The van der Waals surface area contributed by atoms with Gasteiger partial charge in [0, 0.05) is 12.2 Å². The summed E-state index contributed by atoms with van der Waals surface area (Å²) in [6.45, 7) is 2.07. The number of hydrogen-bond donors (Lipinski definition) is 1. The molecule has 2 rings (SSSR count). The summed E-state index contributed by atoms with van der Waals surface area (Å²) in [5.74, 6) is 0.881. The minimum Gasteiger partial charge on any atom is -0.468 e. The van der Waals surface area contributed by atoms with E-state index in [1.807, 2.05) is 24.3 Å². The van der Waals surface area contributed by atoms with Gasteiger partial charge >= 0.3 is 0 Å². The summed E-state index contributed by atoms with van der Waals surface area (Å²) >= 11 is 7.42. The van der Waals surface area contributed by atoms with Crippen LogP contribution in [0, 0.1) is 0 Å². The Kier molecular flexibility index (Phi) is 4.69. The summed E-state index contributed by atoms with van der Waals surface area (Å²) in [6, 6.07) is 7.57. The minimum atomic E-state index is 0.0265. The molecule has 0 radical (unpaired) electrons. The average molecular weight is 283 g/mol. The number of nitrogens with zero attached hydrogens (tertiary/aromatic N) is 1. The first-order chi connectivity index (χ1) is 8.70. The van der Waals surface area contributed by atoms with Crippen LogP contribution in [0.5, 0.6) is 0 Å². The molecule has 0 saturated heterocycles. The van der Waals surface area contributed by atoms with Gasteiger partial charge in [-0.25, -0.2) is 4.98 Å². The van der Waals surface area contributed by atoms with Crippen LogP contribution in [0.15, 0.2) is 46.2 Å². The summed E-state index contributed by atoms with van der Waals surface area (Å²) in [4.78, 5) is 4.28. The molecule has 0 saturated carbocycles. The third-order valence-electron chi connectivity index (χ3n) is 2.63. The van der Waals surface area contributed by atoms with Crippen LogP contribution in [0.3, 0.4) is 0 Å². The van der Waals surface area contributed by atoms with Gasteiger partial charge in [-0.1, -0.05) is 30.3 Å². The molecule has 0 aliphatic heterocycles. The van der Waals surface area contributed by atoms with Crippen LogP contribution in [0.4, 0.5) is 0 Å². The fourth-order valence-corrected chi connectivity index (χ4v) is 2.84. The summed E-state index contributed by atoms with van der Waals surface area (Å²) in [7, 11) is 0. The molecule has 5 heteroatoms. The number of halogens is 1. The molecule has 0 spiro atoms. The fraction of sp³-hybridized carbons (Fsp3) is 0.308. The van der Waals surface area contributed by atoms with E-state index in [-0.39, 0.29) is 11.3 Å². The predicted octanol–water partition coefficient (Wildman–Crippen LogP) is 3.90. The highest BCUT2D eigenvalue weighted by atomic mass is 35.5. The van der Waals surface area contributed by atoms with Crippen LogP contribution in [-0.4, -0.2) is 11.0 Å². The van der Waals surface area contributed by atoms with Crippen LogP contribution in [-0.2, 0) is 0 Å². The highest BCUT2D eigenvalue weighted by Gasteiger charge is 2.22. The van der Waals surface area contributed by atoms with E-state index < -0.39 is 0 Å². The molecule has 0 aliphatic carbocycles. The lowest BCUT2D eigenvalue weighted by atomic mass is 10.1. The zero-order valence-corrected chi connectivity index (χ0v) is 11.6. The molecule has 96 valence electrons. The van der Waals surface area contributed by atoms with E-state index in [9.17, 15) is 0 Å². The van der Waals surface area contributed by atoms with Crippen molar-refractivity contribution in [1.29, 1.82) is 0 Å². The van der Waals surface area contributed by atoms with E-state index in [4.69, 9.17) is 21.8 Å². The van der Waals surface area contributed by atoms with Crippen molar-refractivity contribution in [2.24, 2.45) is 5.73 Å². The maximum Gasteiger partial charge on any atom is 0.118 e. The fourth-order valence-electron chi connectivity index (χ4n) is 1.59. The zero-order chi connectivity index (χ0) is 13.0. The van der Waals surface area contributed by atoms with Gasteiger partial charge in [0.2, 0.25) is 0 Å². The van der Waals surface area contributed by atoms with Gasteiger partial charge in [-0.2, -0.15) is 0 Å². The van der Waals surface area contributed by atoms with Crippen molar-refractivity contribution in [3.05, 3.63) is 47.5 Å². The van der Waals surface area contributed by atoms with E-state index in [1.165, 1.54) is 0 Å². The SMILES string of the molecule is CCC(N)C(Sc1ccc(Cl)cn1)c1ccco1. The molecule has 3 nitrogen and oxygen atoms in total. The van der Waals surface area contributed by atoms with Crippen LogP contribution in [0.25, 0.3) is 0 Å². The molecule has 2 aromatic rings. The molecule has 0 amide bonds.